The van der Waals surface area contributed by atoms with E-state index in [1.165, 1.54) is 0 Å². The molecule has 3 N–H and O–H groups in total. The van der Waals surface area contributed by atoms with E-state index in [2.05, 4.69) is 19.2 Å². The van der Waals surface area contributed by atoms with Crippen LogP contribution in [-0.2, 0) is 0 Å². The molecule has 0 bridgehead atoms. The van der Waals surface area contributed by atoms with Crippen molar-refractivity contribution < 1.29 is 10.2 Å². The van der Waals surface area contributed by atoms with E-state index in [9.17, 15) is 0 Å². The minimum atomic E-state index is -0.524. The Balaban J connectivity index is 3.72. The second kappa shape index (κ2) is 5.51. The first-order valence-electron chi connectivity index (χ1n) is 4.54. The predicted octanol–water partition coefficient (Wildman–Crippen LogP) is 0.365. The van der Waals surface area contributed by atoms with Crippen LogP contribution in [-0.4, -0.2) is 35.5 Å². The van der Waals surface area contributed by atoms with Gasteiger partial charge in [-0.25, -0.2) is 0 Å². The van der Waals surface area contributed by atoms with Gasteiger partial charge in [-0.1, -0.05) is 20.3 Å². The lowest BCUT2D eigenvalue weighted by Gasteiger charge is -2.27. The van der Waals surface area contributed by atoms with Crippen molar-refractivity contribution in [2.75, 3.05) is 19.8 Å². The molecule has 0 spiro atoms. The van der Waals surface area contributed by atoms with Crippen molar-refractivity contribution in [2.45, 2.75) is 32.7 Å². The topological polar surface area (TPSA) is 52.5 Å². The Kier molecular flexibility index (Phi) is 5.46. The molecule has 0 aliphatic rings. The SMILES string of the molecule is CC[C@@H](C)CNC(C)(CO)CO. The third-order valence-electron chi connectivity index (χ3n) is 2.27. The Hall–Kier alpha value is -0.120. The number of aliphatic hydroxyl groups excluding tert-OH is 2. The van der Waals surface area contributed by atoms with Crippen molar-refractivity contribution in [1.82, 2.24) is 5.32 Å². The molecule has 0 fully saturated rings. The number of hydrogen-bond acceptors (Lipinski definition) is 3. The molecule has 0 aromatic carbocycles. The van der Waals surface area contributed by atoms with Crippen LogP contribution in [0.4, 0.5) is 0 Å². The van der Waals surface area contributed by atoms with Crippen molar-refractivity contribution in [1.29, 1.82) is 0 Å². The van der Waals surface area contributed by atoms with Crippen LogP contribution < -0.4 is 5.32 Å². The molecule has 74 valence electrons. The van der Waals surface area contributed by atoms with Crippen LogP contribution in [0.5, 0.6) is 0 Å². The van der Waals surface area contributed by atoms with E-state index in [0.717, 1.165) is 13.0 Å². The maximum Gasteiger partial charge on any atom is 0.0633 e. The van der Waals surface area contributed by atoms with Crippen molar-refractivity contribution in [3.8, 4) is 0 Å². The molecule has 0 amide bonds. The van der Waals surface area contributed by atoms with E-state index in [4.69, 9.17) is 10.2 Å². The summed E-state index contributed by atoms with van der Waals surface area (Å²) in [7, 11) is 0. The lowest BCUT2D eigenvalue weighted by Crippen LogP contribution is -2.50. The van der Waals surface area contributed by atoms with Crippen LogP contribution in [0, 0.1) is 5.92 Å². The van der Waals surface area contributed by atoms with Crippen LogP contribution in [0.1, 0.15) is 27.2 Å². The van der Waals surface area contributed by atoms with E-state index in [1.807, 2.05) is 6.92 Å². The minimum absolute atomic E-state index is 0.0278. The first kappa shape index (κ1) is 11.9. The molecule has 3 heteroatoms. The molecule has 1 atom stereocenters. The third kappa shape index (κ3) is 4.04. The van der Waals surface area contributed by atoms with Gasteiger partial charge in [-0.15, -0.1) is 0 Å². The van der Waals surface area contributed by atoms with Gasteiger partial charge in [-0.05, 0) is 19.4 Å². The Bertz CT molecular complexity index is 113. The maximum absolute atomic E-state index is 8.95. The molecule has 0 aromatic heterocycles. The molecule has 3 nitrogen and oxygen atoms in total. The average Bonchev–Trinajstić information content (AvgIpc) is 2.13. The predicted molar refractivity (Wildman–Crippen MR) is 50.0 cm³/mol. The number of nitrogens with one attached hydrogen (secondary N) is 1. The lowest BCUT2D eigenvalue weighted by atomic mass is 10.0. The van der Waals surface area contributed by atoms with E-state index < -0.39 is 5.54 Å². The summed E-state index contributed by atoms with van der Waals surface area (Å²) in [5, 5.41) is 21.0. The van der Waals surface area contributed by atoms with Gasteiger partial charge in [0.1, 0.15) is 0 Å². The van der Waals surface area contributed by atoms with Crippen LogP contribution in [0.25, 0.3) is 0 Å². The quantitative estimate of drug-likeness (QED) is 0.546. The molecule has 12 heavy (non-hydrogen) atoms. The number of hydrogen-bond donors (Lipinski definition) is 3. The van der Waals surface area contributed by atoms with Gasteiger partial charge >= 0.3 is 0 Å². The van der Waals surface area contributed by atoms with Crippen LogP contribution in [0.2, 0.25) is 0 Å². The standard InChI is InChI=1S/C9H21NO2/c1-4-8(2)5-10-9(3,6-11)7-12/h8,10-12H,4-7H2,1-3H3/t8-/m1/s1. The van der Waals surface area contributed by atoms with E-state index in [1.54, 1.807) is 0 Å². The summed E-state index contributed by atoms with van der Waals surface area (Å²) in [6.45, 7) is 6.87. The lowest BCUT2D eigenvalue weighted by molar-refractivity contribution is 0.101. The molecule has 0 aliphatic carbocycles. The normalized spacial score (nSPS) is 14.8. The summed E-state index contributed by atoms with van der Waals surface area (Å²) >= 11 is 0. The maximum atomic E-state index is 8.95. The molecule has 0 rings (SSSR count). The minimum Gasteiger partial charge on any atom is -0.394 e. The van der Waals surface area contributed by atoms with Crippen molar-refractivity contribution in [2.24, 2.45) is 5.92 Å². The zero-order valence-corrected chi connectivity index (χ0v) is 8.30. The highest BCUT2D eigenvalue weighted by molar-refractivity contribution is 4.81. The van der Waals surface area contributed by atoms with Crippen LogP contribution in [0.3, 0.4) is 0 Å². The van der Waals surface area contributed by atoms with Gasteiger partial charge in [0.05, 0.1) is 18.8 Å². The summed E-state index contributed by atoms with van der Waals surface area (Å²) < 4.78 is 0. The van der Waals surface area contributed by atoms with Gasteiger partial charge in [-0.2, -0.15) is 0 Å². The molecule has 0 saturated heterocycles. The fourth-order valence-corrected chi connectivity index (χ4v) is 0.727. The van der Waals surface area contributed by atoms with Crippen molar-refractivity contribution in [3.63, 3.8) is 0 Å². The summed E-state index contributed by atoms with van der Waals surface area (Å²) in [6.07, 6.45) is 1.11. The summed E-state index contributed by atoms with van der Waals surface area (Å²) in [6, 6.07) is 0. The first-order chi connectivity index (χ1) is 5.58. The van der Waals surface area contributed by atoms with Gasteiger partial charge in [0.2, 0.25) is 0 Å². The van der Waals surface area contributed by atoms with Crippen LogP contribution in [0.15, 0.2) is 0 Å². The van der Waals surface area contributed by atoms with Gasteiger partial charge < -0.3 is 15.5 Å². The molecule has 0 aliphatic heterocycles. The summed E-state index contributed by atoms with van der Waals surface area (Å²) in [4.78, 5) is 0. The monoisotopic (exact) mass is 175 g/mol. The molecular formula is C9H21NO2. The number of rotatable bonds is 6. The molecule has 0 saturated carbocycles. The first-order valence-corrected chi connectivity index (χ1v) is 4.54. The van der Waals surface area contributed by atoms with Crippen LogP contribution >= 0.6 is 0 Å². The highest BCUT2D eigenvalue weighted by atomic mass is 16.3. The number of aliphatic hydroxyl groups is 2. The fourth-order valence-electron chi connectivity index (χ4n) is 0.727. The Labute approximate surface area is 74.8 Å². The molecule has 0 radical (unpaired) electrons. The molecule has 0 unspecified atom stereocenters. The third-order valence-corrected chi connectivity index (χ3v) is 2.27. The second-order valence-electron chi connectivity index (χ2n) is 3.77. The van der Waals surface area contributed by atoms with Crippen molar-refractivity contribution >= 4 is 0 Å². The molecular weight excluding hydrogens is 154 g/mol. The fraction of sp³-hybridized carbons (Fsp3) is 1.00. The highest BCUT2D eigenvalue weighted by Gasteiger charge is 2.21. The van der Waals surface area contributed by atoms with E-state index in [0.29, 0.717) is 5.92 Å². The van der Waals surface area contributed by atoms with E-state index >= 15 is 0 Å². The van der Waals surface area contributed by atoms with Gasteiger partial charge in [-0.3, -0.25) is 0 Å². The Morgan fingerprint density at radius 2 is 1.83 bits per heavy atom. The smallest absolute Gasteiger partial charge is 0.0633 e. The molecule has 0 heterocycles. The Morgan fingerprint density at radius 3 is 2.17 bits per heavy atom. The molecule has 0 aromatic rings. The van der Waals surface area contributed by atoms with Gasteiger partial charge in [0.15, 0.2) is 0 Å². The largest absolute Gasteiger partial charge is 0.394 e. The zero-order valence-electron chi connectivity index (χ0n) is 8.30. The van der Waals surface area contributed by atoms with E-state index in [-0.39, 0.29) is 13.2 Å². The average molecular weight is 175 g/mol. The Morgan fingerprint density at radius 1 is 1.33 bits per heavy atom. The summed E-state index contributed by atoms with van der Waals surface area (Å²) in [5.74, 6) is 0.586. The van der Waals surface area contributed by atoms with Gasteiger partial charge in [0.25, 0.3) is 0 Å². The second-order valence-corrected chi connectivity index (χ2v) is 3.77. The zero-order chi connectivity index (χ0) is 9.61. The van der Waals surface area contributed by atoms with Gasteiger partial charge in [0, 0.05) is 0 Å². The summed E-state index contributed by atoms with van der Waals surface area (Å²) in [5.41, 5.74) is -0.524. The van der Waals surface area contributed by atoms with Crippen molar-refractivity contribution in [3.05, 3.63) is 0 Å². The highest BCUT2D eigenvalue weighted by Crippen LogP contribution is 2.04.